The Morgan fingerprint density at radius 2 is 2.00 bits per heavy atom. The summed E-state index contributed by atoms with van der Waals surface area (Å²) in [5, 5.41) is 0. The molecule has 0 atom stereocenters. The van der Waals surface area contributed by atoms with Gasteiger partial charge in [-0.2, -0.15) is 0 Å². The van der Waals surface area contributed by atoms with Gasteiger partial charge in [0.1, 0.15) is 0 Å². The molecule has 0 bridgehead atoms. The number of hydrogen-bond donors (Lipinski definition) is 0. The van der Waals surface area contributed by atoms with Crippen molar-refractivity contribution < 1.29 is 0 Å². The van der Waals surface area contributed by atoms with Crippen LogP contribution in [0.25, 0.3) is 0 Å². The molecule has 0 aliphatic heterocycles. The molecule has 0 aromatic carbocycles. The minimum absolute atomic E-state index is 0.975. The molecular weight excluding hydrogens is 146 g/mol. The molecule has 0 heterocycles. The van der Waals surface area contributed by atoms with Gasteiger partial charge < -0.3 is 4.90 Å². The molecule has 0 aromatic rings. The quantitative estimate of drug-likeness (QED) is 0.576. The van der Waals surface area contributed by atoms with E-state index in [1.807, 2.05) is 44.0 Å². The first-order valence-corrected chi connectivity index (χ1v) is 3.97. The molecule has 0 spiro atoms. The van der Waals surface area contributed by atoms with Crippen molar-refractivity contribution in [1.29, 1.82) is 0 Å². The summed E-state index contributed by atoms with van der Waals surface area (Å²) in [4.78, 5) is 1.90. The smallest absolute Gasteiger partial charge is 0.0359 e. The summed E-state index contributed by atoms with van der Waals surface area (Å²) in [7, 11) is 1.93. The molecule has 0 amide bonds. The number of allylic oxidation sites excluding steroid dienone is 4. The van der Waals surface area contributed by atoms with Crippen molar-refractivity contribution in [2.45, 2.75) is 13.8 Å². The van der Waals surface area contributed by atoms with Gasteiger partial charge in [-0.15, -0.1) is 0 Å². The molecule has 0 fully saturated rings. The molecule has 0 aromatic heterocycles. The molecule has 0 N–H and O–H groups in total. The fourth-order valence-corrected chi connectivity index (χ4v) is 0.725. The van der Waals surface area contributed by atoms with Crippen LogP contribution in [0.4, 0.5) is 0 Å². The van der Waals surface area contributed by atoms with Crippen LogP contribution < -0.4 is 0 Å². The minimum atomic E-state index is 0.975. The highest BCUT2D eigenvalue weighted by Crippen LogP contribution is 2.10. The van der Waals surface area contributed by atoms with E-state index in [-0.39, 0.29) is 0 Å². The molecule has 0 rings (SSSR count). The van der Waals surface area contributed by atoms with E-state index in [4.69, 9.17) is 0 Å². The molecule has 12 heavy (non-hydrogen) atoms. The standard InChI is InChI=1S/C11H17N/c1-6-8-9-10(3)11(4)12(5)7-2/h6-9H,2,4H2,1,3,5H3/b8-6-,10-9+. The zero-order valence-corrected chi connectivity index (χ0v) is 8.17. The second-order valence-corrected chi connectivity index (χ2v) is 2.62. The molecule has 0 aliphatic rings. The molecule has 0 aliphatic carbocycles. The van der Waals surface area contributed by atoms with E-state index in [9.17, 15) is 0 Å². The number of likely N-dealkylation sites (N-methyl/N-ethyl adjacent to an activating group) is 1. The van der Waals surface area contributed by atoms with Crippen LogP contribution in [-0.2, 0) is 0 Å². The Hall–Kier alpha value is -1.24. The largest absolute Gasteiger partial charge is 0.352 e. The third kappa shape index (κ3) is 3.24. The highest BCUT2D eigenvalue weighted by atomic mass is 15.1. The van der Waals surface area contributed by atoms with Gasteiger partial charge in [-0.1, -0.05) is 31.4 Å². The van der Waals surface area contributed by atoms with Gasteiger partial charge >= 0.3 is 0 Å². The summed E-state index contributed by atoms with van der Waals surface area (Å²) in [6, 6.07) is 0. The lowest BCUT2D eigenvalue weighted by atomic mass is 10.2. The molecule has 1 nitrogen and oxygen atoms in total. The number of hydrogen-bond acceptors (Lipinski definition) is 1. The zero-order valence-electron chi connectivity index (χ0n) is 8.17. The topological polar surface area (TPSA) is 3.24 Å². The summed E-state index contributed by atoms with van der Waals surface area (Å²) in [6.07, 6.45) is 7.76. The van der Waals surface area contributed by atoms with Crippen molar-refractivity contribution in [1.82, 2.24) is 4.90 Å². The van der Waals surface area contributed by atoms with E-state index in [0.717, 1.165) is 11.3 Å². The van der Waals surface area contributed by atoms with Crippen LogP contribution in [0.15, 0.2) is 48.9 Å². The summed E-state index contributed by atoms with van der Waals surface area (Å²) in [5.74, 6) is 0. The van der Waals surface area contributed by atoms with Crippen molar-refractivity contribution in [3.05, 3.63) is 48.9 Å². The monoisotopic (exact) mass is 163 g/mol. The fraction of sp³-hybridized carbons (Fsp3) is 0.273. The van der Waals surface area contributed by atoms with Gasteiger partial charge in [0.05, 0.1) is 0 Å². The molecule has 66 valence electrons. The Labute approximate surface area is 75.4 Å². The lowest BCUT2D eigenvalue weighted by Gasteiger charge is -2.16. The molecule has 0 radical (unpaired) electrons. The summed E-state index contributed by atoms with van der Waals surface area (Å²) >= 11 is 0. The van der Waals surface area contributed by atoms with Gasteiger partial charge in [0.15, 0.2) is 0 Å². The van der Waals surface area contributed by atoms with Gasteiger partial charge in [-0.05, 0) is 25.6 Å². The van der Waals surface area contributed by atoms with Gasteiger partial charge in [0.25, 0.3) is 0 Å². The summed E-state index contributed by atoms with van der Waals surface area (Å²) < 4.78 is 0. The maximum absolute atomic E-state index is 3.93. The molecule has 0 unspecified atom stereocenters. The lowest BCUT2D eigenvalue weighted by Crippen LogP contribution is -2.08. The molecular formula is C11H17N. The van der Waals surface area contributed by atoms with E-state index in [2.05, 4.69) is 13.2 Å². The molecule has 0 saturated carbocycles. The van der Waals surface area contributed by atoms with Gasteiger partial charge in [-0.25, -0.2) is 0 Å². The second kappa shape index (κ2) is 5.42. The maximum Gasteiger partial charge on any atom is 0.0359 e. The van der Waals surface area contributed by atoms with E-state index < -0.39 is 0 Å². The normalized spacial score (nSPS) is 11.8. The highest BCUT2D eigenvalue weighted by Gasteiger charge is 1.97. The number of nitrogens with zero attached hydrogens (tertiary/aromatic N) is 1. The van der Waals surface area contributed by atoms with Crippen LogP contribution >= 0.6 is 0 Å². The summed E-state index contributed by atoms with van der Waals surface area (Å²) in [6.45, 7) is 11.6. The van der Waals surface area contributed by atoms with Crippen LogP contribution in [0.5, 0.6) is 0 Å². The van der Waals surface area contributed by atoms with E-state index >= 15 is 0 Å². The number of rotatable bonds is 4. The predicted molar refractivity (Wildman–Crippen MR) is 55.7 cm³/mol. The highest BCUT2D eigenvalue weighted by molar-refractivity contribution is 5.29. The van der Waals surface area contributed by atoms with Crippen molar-refractivity contribution in [3.63, 3.8) is 0 Å². The lowest BCUT2D eigenvalue weighted by molar-refractivity contribution is 0.583. The fourth-order valence-electron chi connectivity index (χ4n) is 0.725. The Balaban J connectivity index is 4.37. The van der Waals surface area contributed by atoms with Crippen molar-refractivity contribution in [3.8, 4) is 0 Å². The minimum Gasteiger partial charge on any atom is -0.352 e. The Morgan fingerprint density at radius 3 is 2.42 bits per heavy atom. The Morgan fingerprint density at radius 1 is 1.42 bits per heavy atom. The van der Waals surface area contributed by atoms with Crippen LogP contribution in [0.2, 0.25) is 0 Å². The van der Waals surface area contributed by atoms with E-state index in [1.54, 1.807) is 6.20 Å². The Kier molecular flexibility index (Phi) is 4.86. The van der Waals surface area contributed by atoms with Crippen molar-refractivity contribution in [2.75, 3.05) is 7.05 Å². The van der Waals surface area contributed by atoms with E-state index in [0.29, 0.717) is 0 Å². The van der Waals surface area contributed by atoms with E-state index in [1.165, 1.54) is 0 Å². The average molecular weight is 163 g/mol. The average Bonchev–Trinajstić information content (AvgIpc) is 2.11. The zero-order chi connectivity index (χ0) is 9.56. The van der Waals surface area contributed by atoms with Crippen molar-refractivity contribution >= 4 is 0 Å². The Bertz CT molecular complexity index is 221. The van der Waals surface area contributed by atoms with Gasteiger partial charge in [-0.3, -0.25) is 0 Å². The predicted octanol–water partition coefficient (Wildman–Crippen LogP) is 3.10. The maximum atomic E-state index is 3.93. The first kappa shape index (κ1) is 10.8. The third-order valence-corrected chi connectivity index (χ3v) is 1.69. The van der Waals surface area contributed by atoms with Crippen LogP contribution in [0, 0.1) is 0 Å². The first-order valence-electron chi connectivity index (χ1n) is 3.97. The SMILES string of the molecule is C=CN(C)C(=C)/C(C)=C/C=C\C. The third-order valence-electron chi connectivity index (χ3n) is 1.69. The first-order chi connectivity index (χ1) is 5.63. The van der Waals surface area contributed by atoms with Crippen molar-refractivity contribution in [2.24, 2.45) is 0 Å². The van der Waals surface area contributed by atoms with Crippen LogP contribution in [0.1, 0.15) is 13.8 Å². The van der Waals surface area contributed by atoms with Gasteiger partial charge in [0.2, 0.25) is 0 Å². The van der Waals surface area contributed by atoms with Crippen LogP contribution in [0.3, 0.4) is 0 Å². The molecule has 1 heteroatoms. The second-order valence-electron chi connectivity index (χ2n) is 2.62. The van der Waals surface area contributed by atoms with Crippen LogP contribution in [-0.4, -0.2) is 11.9 Å². The summed E-state index contributed by atoms with van der Waals surface area (Å²) in [5.41, 5.74) is 2.12. The molecule has 0 saturated heterocycles. The van der Waals surface area contributed by atoms with Gasteiger partial charge in [0, 0.05) is 12.7 Å².